The highest BCUT2D eigenvalue weighted by atomic mass is 16.7. The highest BCUT2D eigenvalue weighted by molar-refractivity contribution is 5.85. The number of hydrogen-bond acceptors (Lipinski definition) is 8. The summed E-state index contributed by atoms with van der Waals surface area (Å²) >= 11 is 0. The van der Waals surface area contributed by atoms with Crippen LogP contribution in [0.2, 0.25) is 0 Å². The predicted octanol–water partition coefficient (Wildman–Crippen LogP) is -3.67. The van der Waals surface area contributed by atoms with Crippen LogP contribution in [0.3, 0.4) is 0 Å². The number of nitrogens with zero attached hydrogens (tertiary/aromatic N) is 1. The first-order chi connectivity index (χ1) is 11.6. The van der Waals surface area contributed by atoms with Gasteiger partial charge in [0.2, 0.25) is 5.91 Å². The van der Waals surface area contributed by atoms with Crippen molar-refractivity contribution < 1.29 is 29.6 Å². The number of nitrogens with two attached hydrogens (primary N) is 3. The van der Waals surface area contributed by atoms with Crippen molar-refractivity contribution in [2.75, 3.05) is 20.2 Å². The van der Waals surface area contributed by atoms with Gasteiger partial charge >= 0.3 is 0 Å². The number of carbonyl (C=O) groups excluding carboxylic acids is 1. The first-order valence-electron chi connectivity index (χ1n) is 7.95. The van der Waals surface area contributed by atoms with Crippen molar-refractivity contribution in [3.63, 3.8) is 0 Å². The number of carbonyl (C=O) groups is 1. The first-order valence-corrected chi connectivity index (χ1v) is 7.95. The topological polar surface area (TPSA) is 199 Å². The van der Waals surface area contributed by atoms with Crippen LogP contribution >= 0.6 is 0 Å². The number of aliphatic hydroxyl groups excluding tert-OH is 3. The number of ether oxygens (including phenoxy) is 2. The number of aliphatic hydroxyl groups is 3. The lowest BCUT2D eigenvalue weighted by Gasteiger charge is -2.40. The Labute approximate surface area is 146 Å². The van der Waals surface area contributed by atoms with Gasteiger partial charge in [0.05, 0.1) is 5.54 Å². The quantitative estimate of drug-likeness (QED) is 0.129. The van der Waals surface area contributed by atoms with Crippen LogP contribution in [-0.4, -0.2) is 83.6 Å². The first kappa shape index (κ1) is 21.5. The molecule has 0 saturated carbocycles. The molecular formula is C14H29N5O6. The van der Waals surface area contributed by atoms with Gasteiger partial charge in [-0.05, 0) is 19.8 Å². The molecule has 11 heteroatoms. The van der Waals surface area contributed by atoms with E-state index in [1.807, 2.05) is 0 Å². The molecule has 1 aliphatic rings. The minimum Gasteiger partial charge on any atom is -0.388 e. The van der Waals surface area contributed by atoms with Crippen molar-refractivity contribution in [1.82, 2.24) is 5.32 Å². The molecule has 1 rings (SSSR count). The van der Waals surface area contributed by atoms with Gasteiger partial charge in [0.25, 0.3) is 0 Å². The summed E-state index contributed by atoms with van der Waals surface area (Å²) in [6.07, 6.45) is -5.43. The highest BCUT2D eigenvalue weighted by Gasteiger charge is 2.44. The van der Waals surface area contributed by atoms with Crippen LogP contribution in [0.25, 0.3) is 0 Å². The van der Waals surface area contributed by atoms with E-state index in [9.17, 15) is 20.1 Å². The lowest BCUT2D eigenvalue weighted by molar-refractivity contribution is -0.288. The lowest BCUT2D eigenvalue weighted by atomic mass is 9.95. The average Bonchev–Trinajstić information content (AvgIpc) is 2.55. The molecule has 0 bridgehead atoms. The molecule has 0 radical (unpaired) electrons. The average molecular weight is 363 g/mol. The number of hydrogen-bond donors (Lipinski definition) is 7. The van der Waals surface area contributed by atoms with Crippen LogP contribution < -0.4 is 22.5 Å². The Hall–Kier alpha value is -1.50. The fourth-order valence-corrected chi connectivity index (χ4v) is 2.44. The van der Waals surface area contributed by atoms with Crippen molar-refractivity contribution in [3.8, 4) is 0 Å². The van der Waals surface area contributed by atoms with E-state index < -0.39 is 42.2 Å². The van der Waals surface area contributed by atoms with E-state index in [1.54, 1.807) is 6.92 Å². The Morgan fingerprint density at radius 1 is 1.28 bits per heavy atom. The van der Waals surface area contributed by atoms with Gasteiger partial charge in [0, 0.05) is 20.2 Å². The molecule has 10 N–H and O–H groups in total. The van der Waals surface area contributed by atoms with Crippen LogP contribution in [0, 0.1) is 0 Å². The van der Waals surface area contributed by atoms with Gasteiger partial charge in [-0.15, -0.1) is 0 Å². The predicted molar refractivity (Wildman–Crippen MR) is 89.2 cm³/mol. The summed E-state index contributed by atoms with van der Waals surface area (Å²) in [5.41, 5.74) is 15.3. The third kappa shape index (κ3) is 6.06. The van der Waals surface area contributed by atoms with Crippen molar-refractivity contribution in [3.05, 3.63) is 0 Å². The summed E-state index contributed by atoms with van der Waals surface area (Å²) in [5.74, 6) is -0.484. The van der Waals surface area contributed by atoms with E-state index in [4.69, 9.17) is 26.7 Å². The zero-order valence-electron chi connectivity index (χ0n) is 14.5. The van der Waals surface area contributed by atoms with Gasteiger partial charge in [0.15, 0.2) is 12.2 Å². The van der Waals surface area contributed by atoms with E-state index in [0.29, 0.717) is 19.4 Å². The van der Waals surface area contributed by atoms with Crippen LogP contribution in [0.5, 0.6) is 0 Å². The van der Waals surface area contributed by atoms with Gasteiger partial charge in [-0.3, -0.25) is 9.79 Å². The molecule has 11 nitrogen and oxygen atoms in total. The zero-order valence-corrected chi connectivity index (χ0v) is 14.5. The molecule has 1 saturated heterocycles. The second-order valence-corrected chi connectivity index (χ2v) is 6.29. The van der Waals surface area contributed by atoms with Crippen molar-refractivity contribution in [2.45, 2.75) is 56.0 Å². The van der Waals surface area contributed by atoms with E-state index in [2.05, 4.69) is 10.3 Å². The molecule has 25 heavy (non-hydrogen) atoms. The standard InChI is InChI=1S/C14H29N5O6/c1-14(17,4-3-5-18-13(15)16)12(23)19-6-7-8(20)9(21)10(22)11(24-2)25-7/h7-11,20-22H,3-6,17H2,1-2H3,(H,19,23)(H4,15,16,18)/t7-,8?,9+,10+,11-,14+/m1/s1. The second-order valence-electron chi connectivity index (χ2n) is 6.29. The summed E-state index contributed by atoms with van der Waals surface area (Å²) < 4.78 is 10.2. The van der Waals surface area contributed by atoms with E-state index in [-0.39, 0.29) is 12.5 Å². The van der Waals surface area contributed by atoms with E-state index in [1.165, 1.54) is 7.11 Å². The van der Waals surface area contributed by atoms with Gasteiger partial charge in [-0.2, -0.15) is 0 Å². The maximum atomic E-state index is 12.2. The Bertz CT molecular complexity index is 469. The molecule has 146 valence electrons. The summed E-state index contributed by atoms with van der Waals surface area (Å²) in [6, 6.07) is 0. The Balaban J connectivity index is 2.52. The minimum absolute atomic E-state index is 0.0277. The van der Waals surface area contributed by atoms with E-state index in [0.717, 1.165) is 0 Å². The number of amides is 1. The maximum Gasteiger partial charge on any atom is 0.239 e. The summed E-state index contributed by atoms with van der Waals surface area (Å²) in [7, 11) is 1.29. The number of guanidine groups is 1. The van der Waals surface area contributed by atoms with Crippen LogP contribution in [-0.2, 0) is 14.3 Å². The third-order valence-corrected chi connectivity index (χ3v) is 4.03. The lowest BCUT2D eigenvalue weighted by Crippen LogP contribution is -2.61. The van der Waals surface area contributed by atoms with Crippen molar-refractivity contribution in [2.24, 2.45) is 22.2 Å². The fourth-order valence-electron chi connectivity index (χ4n) is 2.44. The van der Waals surface area contributed by atoms with Crippen LogP contribution in [0.4, 0.5) is 0 Å². The Morgan fingerprint density at radius 2 is 1.92 bits per heavy atom. The number of aliphatic imine (C=N–C) groups is 1. The molecule has 0 aromatic heterocycles. The highest BCUT2D eigenvalue weighted by Crippen LogP contribution is 2.21. The zero-order chi connectivity index (χ0) is 19.2. The smallest absolute Gasteiger partial charge is 0.239 e. The van der Waals surface area contributed by atoms with Crippen molar-refractivity contribution >= 4 is 11.9 Å². The molecule has 0 spiro atoms. The number of rotatable bonds is 8. The second kappa shape index (κ2) is 9.27. The van der Waals surface area contributed by atoms with Gasteiger partial charge in [0.1, 0.15) is 24.4 Å². The van der Waals surface area contributed by atoms with Crippen LogP contribution in [0.15, 0.2) is 4.99 Å². The Kier molecular flexibility index (Phi) is 7.99. The Morgan fingerprint density at radius 3 is 2.48 bits per heavy atom. The van der Waals surface area contributed by atoms with E-state index >= 15 is 0 Å². The number of nitrogens with one attached hydrogen (secondary N) is 1. The van der Waals surface area contributed by atoms with Gasteiger partial charge in [-0.25, -0.2) is 0 Å². The fraction of sp³-hybridized carbons (Fsp3) is 0.857. The molecule has 1 heterocycles. The van der Waals surface area contributed by atoms with Crippen LogP contribution in [0.1, 0.15) is 19.8 Å². The molecule has 1 unspecified atom stereocenters. The summed E-state index contributed by atoms with van der Waals surface area (Å²) in [5, 5.41) is 32.0. The molecule has 0 aliphatic carbocycles. The van der Waals surface area contributed by atoms with Gasteiger partial charge < -0.3 is 47.3 Å². The molecule has 6 atom stereocenters. The minimum atomic E-state index is -1.45. The van der Waals surface area contributed by atoms with Gasteiger partial charge in [-0.1, -0.05) is 0 Å². The molecule has 1 amide bonds. The molecular weight excluding hydrogens is 334 g/mol. The summed E-state index contributed by atoms with van der Waals surface area (Å²) in [4.78, 5) is 16.1. The van der Waals surface area contributed by atoms with Crippen molar-refractivity contribution in [1.29, 1.82) is 0 Å². The largest absolute Gasteiger partial charge is 0.388 e. The third-order valence-electron chi connectivity index (χ3n) is 4.03. The number of methoxy groups -OCH3 is 1. The SMILES string of the molecule is CO[C@@H]1O[C@H](CNC(=O)[C@@](C)(N)CCCN=C(N)N)C(O)[C@H](O)[C@@H]1O. The molecule has 0 aromatic rings. The summed E-state index contributed by atoms with van der Waals surface area (Å²) in [6.45, 7) is 1.81. The molecule has 1 aliphatic heterocycles. The normalized spacial score (nSPS) is 31.8. The molecule has 1 fully saturated rings. The maximum absolute atomic E-state index is 12.2. The monoisotopic (exact) mass is 363 g/mol. The molecule has 0 aromatic carbocycles.